The van der Waals surface area contributed by atoms with Gasteiger partial charge in [0.2, 0.25) is 5.91 Å². The predicted octanol–water partition coefficient (Wildman–Crippen LogP) is -0.886. The Morgan fingerprint density at radius 1 is 1.71 bits per heavy atom. The smallest absolute Gasteiger partial charge is 0.237 e. The molecule has 1 heterocycles. The van der Waals surface area contributed by atoms with Crippen LogP contribution in [0.5, 0.6) is 0 Å². The Labute approximate surface area is 81.4 Å². The van der Waals surface area contributed by atoms with Crippen LogP contribution >= 0.6 is 0 Å². The summed E-state index contributed by atoms with van der Waals surface area (Å²) in [6.07, 6.45) is 0.602. The standard InChI is InChI=1S/C7H14N6O/c1-3-5(8)7(14)9-4(2)6-10-12-13-11-6/h4-5H,3,8H2,1-2H3,(H,9,14)(H,10,11,12,13)/t4?,5-/m1/s1. The van der Waals surface area contributed by atoms with Gasteiger partial charge in [-0.15, -0.1) is 10.2 Å². The number of nitrogens with two attached hydrogens (primary N) is 1. The maximum Gasteiger partial charge on any atom is 0.237 e. The Balaban J connectivity index is 2.49. The molecule has 0 spiro atoms. The number of hydrogen-bond donors (Lipinski definition) is 3. The van der Waals surface area contributed by atoms with Crippen LogP contribution in [0.4, 0.5) is 0 Å². The molecule has 0 aliphatic carbocycles. The zero-order chi connectivity index (χ0) is 10.6. The summed E-state index contributed by atoms with van der Waals surface area (Å²) in [7, 11) is 0. The van der Waals surface area contributed by atoms with Gasteiger partial charge in [-0.1, -0.05) is 12.1 Å². The van der Waals surface area contributed by atoms with Gasteiger partial charge >= 0.3 is 0 Å². The molecule has 0 bridgehead atoms. The van der Waals surface area contributed by atoms with Crippen LogP contribution in [0.2, 0.25) is 0 Å². The van der Waals surface area contributed by atoms with E-state index in [9.17, 15) is 4.79 Å². The van der Waals surface area contributed by atoms with E-state index < -0.39 is 6.04 Å². The Bertz CT molecular complexity index is 284. The molecule has 7 nitrogen and oxygen atoms in total. The third-order valence-electron chi connectivity index (χ3n) is 1.88. The quantitative estimate of drug-likeness (QED) is 0.581. The number of amides is 1. The van der Waals surface area contributed by atoms with Crippen LogP contribution in [0.15, 0.2) is 0 Å². The van der Waals surface area contributed by atoms with Gasteiger partial charge in [0.1, 0.15) is 0 Å². The van der Waals surface area contributed by atoms with E-state index >= 15 is 0 Å². The van der Waals surface area contributed by atoms with E-state index in [4.69, 9.17) is 5.73 Å². The molecule has 0 radical (unpaired) electrons. The van der Waals surface area contributed by atoms with E-state index in [1.54, 1.807) is 6.92 Å². The number of carbonyl (C=O) groups excluding carboxylic acids is 1. The molecule has 0 saturated heterocycles. The number of aromatic nitrogens is 4. The van der Waals surface area contributed by atoms with Crippen LogP contribution in [0.25, 0.3) is 0 Å². The fraction of sp³-hybridized carbons (Fsp3) is 0.714. The highest BCUT2D eigenvalue weighted by atomic mass is 16.2. The van der Waals surface area contributed by atoms with Crippen molar-refractivity contribution in [3.05, 3.63) is 5.82 Å². The third kappa shape index (κ3) is 2.49. The van der Waals surface area contributed by atoms with Gasteiger partial charge in [0, 0.05) is 0 Å². The summed E-state index contributed by atoms with van der Waals surface area (Å²) in [5, 5.41) is 15.9. The molecule has 0 aromatic carbocycles. The highest BCUT2D eigenvalue weighted by Crippen LogP contribution is 2.03. The highest BCUT2D eigenvalue weighted by molar-refractivity contribution is 5.81. The summed E-state index contributed by atoms with van der Waals surface area (Å²) in [6.45, 7) is 3.62. The fourth-order valence-corrected chi connectivity index (χ4v) is 0.923. The fourth-order valence-electron chi connectivity index (χ4n) is 0.923. The molecular weight excluding hydrogens is 184 g/mol. The lowest BCUT2D eigenvalue weighted by Crippen LogP contribution is -2.41. The number of nitrogens with zero attached hydrogens (tertiary/aromatic N) is 3. The van der Waals surface area contributed by atoms with E-state index in [-0.39, 0.29) is 11.9 Å². The first-order valence-electron chi connectivity index (χ1n) is 4.44. The molecule has 1 aromatic rings. The zero-order valence-electron chi connectivity index (χ0n) is 8.19. The third-order valence-corrected chi connectivity index (χ3v) is 1.88. The topological polar surface area (TPSA) is 110 Å². The number of carbonyl (C=O) groups is 1. The number of hydrogen-bond acceptors (Lipinski definition) is 5. The monoisotopic (exact) mass is 198 g/mol. The van der Waals surface area contributed by atoms with Crippen molar-refractivity contribution in [2.24, 2.45) is 5.73 Å². The Morgan fingerprint density at radius 3 is 2.93 bits per heavy atom. The van der Waals surface area contributed by atoms with Crippen molar-refractivity contribution in [1.82, 2.24) is 25.9 Å². The van der Waals surface area contributed by atoms with Gasteiger partial charge < -0.3 is 11.1 Å². The second-order valence-electron chi connectivity index (χ2n) is 3.02. The molecule has 78 valence electrons. The molecule has 14 heavy (non-hydrogen) atoms. The SMILES string of the molecule is CC[C@@H](N)C(=O)NC(C)c1nn[nH]n1. The normalized spacial score (nSPS) is 14.8. The molecule has 0 fully saturated rings. The van der Waals surface area contributed by atoms with Crippen LogP contribution < -0.4 is 11.1 Å². The van der Waals surface area contributed by atoms with Crippen molar-refractivity contribution >= 4 is 5.91 Å². The first-order chi connectivity index (χ1) is 6.65. The molecule has 0 aliphatic heterocycles. The Kier molecular flexibility index (Phi) is 3.52. The van der Waals surface area contributed by atoms with Crippen molar-refractivity contribution in [1.29, 1.82) is 0 Å². The van der Waals surface area contributed by atoms with E-state index in [1.807, 2.05) is 6.92 Å². The van der Waals surface area contributed by atoms with Crippen molar-refractivity contribution in [2.45, 2.75) is 32.4 Å². The summed E-state index contributed by atoms with van der Waals surface area (Å²) in [6, 6.07) is -0.761. The van der Waals surface area contributed by atoms with Crippen molar-refractivity contribution < 1.29 is 4.79 Å². The predicted molar refractivity (Wildman–Crippen MR) is 49.0 cm³/mol. The lowest BCUT2D eigenvalue weighted by molar-refractivity contribution is -0.123. The molecule has 1 aromatic heterocycles. The molecule has 4 N–H and O–H groups in total. The lowest BCUT2D eigenvalue weighted by atomic mass is 10.2. The first kappa shape index (κ1) is 10.6. The van der Waals surface area contributed by atoms with Gasteiger partial charge in [0.05, 0.1) is 12.1 Å². The largest absolute Gasteiger partial charge is 0.345 e. The molecular formula is C7H14N6O. The maximum absolute atomic E-state index is 11.4. The first-order valence-corrected chi connectivity index (χ1v) is 4.44. The van der Waals surface area contributed by atoms with Crippen LogP contribution in [-0.4, -0.2) is 32.6 Å². The van der Waals surface area contributed by atoms with E-state index in [0.29, 0.717) is 12.2 Å². The molecule has 0 aliphatic rings. The average Bonchev–Trinajstić information content (AvgIpc) is 2.69. The second kappa shape index (κ2) is 4.66. The van der Waals surface area contributed by atoms with Crippen molar-refractivity contribution in [2.75, 3.05) is 0 Å². The lowest BCUT2D eigenvalue weighted by Gasteiger charge is -2.13. The number of tetrazole rings is 1. The van der Waals surface area contributed by atoms with Crippen LogP contribution in [0.3, 0.4) is 0 Å². The van der Waals surface area contributed by atoms with Gasteiger partial charge in [0.25, 0.3) is 0 Å². The maximum atomic E-state index is 11.4. The average molecular weight is 198 g/mol. The minimum atomic E-state index is -0.482. The van der Waals surface area contributed by atoms with Crippen LogP contribution in [0, 0.1) is 0 Å². The molecule has 1 unspecified atom stereocenters. The van der Waals surface area contributed by atoms with Crippen LogP contribution in [-0.2, 0) is 4.79 Å². The molecule has 1 rings (SSSR count). The molecule has 1 amide bonds. The van der Waals surface area contributed by atoms with Crippen molar-refractivity contribution in [3.63, 3.8) is 0 Å². The molecule has 7 heteroatoms. The van der Waals surface area contributed by atoms with Gasteiger partial charge in [-0.2, -0.15) is 5.21 Å². The number of nitrogens with one attached hydrogen (secondary N) is 2. The summed E-state index contributed by atoms with van der Waals surface area (Å²) in [5.74, 6) is 0.242. The highest BCUT2D eigenvalue weighted by Gasteiger charge is 2.16. The van der Waals surface area contributed by atoms with E-state index in [1.165, 1.54) is 0 Å². The summed E-state index contributed by atoms with van der Waals surface area (Å²) < 4.78 is 0. The van der Waals surface area contributed by atoms with Gasteiger partial charge in [-0.25, -0.2) is 0 Å². The van der Waals surface area contributed by atoms with E-state index in [0.717, 1.165) is 0 Å². The molecule has 0 saturated carbocycles. The number of rotatable bonds is 4. The van der Waals surface area contributed by atoms with Gasteiger partial charge in [-0.3, -0.25) is 4.79 Å². The molecule has 2 atom stereocenters. The zero-order valence-corrected chi connectivity index (χ0v) is 8.19. The van der Waals surface area contributed by atoms with Gasteiger partial charge in [-0.05, 0) is 13.3 Å². The summed E-state index contributed by atoms with van der Waals surface area (Å²) >= 11 is 0. The minimum Gasteiger partial charge on any atom is -0.345 e. The van der Waals surface area contributed by atoms with Crippen molar-refractivity contribution in [3.8, 4) is 0 Å². The minimum absolute atomic E-state index is 0.204. The number of H-pyrrole nitrogens is 1. The van der Waals surface area contributed by atoms with Gasteiger partial charge in [0.15, 0.2) is 5.82 Å². The van der Waals surface area contributed by atoms with E-state index in [2.05, 4.69) is 25.9 Å². The summed E-state index contributed by atoms with van der Waals surface area (Å²) in [5.41, 5.74) is 5.54. The Morgan fingerprint density at radius 2 is 2.43 bits per heavy atom. The number of aromatic amines is 1. The second-order valence-corrected chi connectivity index (χ2v) is 3.02. The summed E-state index contributed by atoms with van der Waals surface area (Å²) in [4.78, 5) is 11.4. The van der Waals surface area contributed by atoms with Crippen LogP contribution in [0.1, 0.15) is 32.1 Å². The Hall–Kier alpha value is -1.50.